The van der Waals surface area contributed by atoms with Gasteiger partial charge in [-0.15, -0.1) is 0 Å². The Labute approximate surface area is 158 Å². The molecule has 1 aliphatic rings. The largest absolute Gasteiger partial charge is 0.452 e. The molecule has 0 spiro atoms. The van der Waals surface area contributed by atoms with Crippen molar-refractivity contribution in [3.05, 3.63) is 34.9 Å². The van der Waals surface area contributed by atoms with Crippen LogP contribution < -0.4 is 11.1 Å². The lowest BCUT2D eigenvalue weighted by Crippen LogP contribution is -2.45. The highest BCUT2D eigenvalue weighted by molar-refractivity contribution is 5.99. The number of ketones is 1. The summed E-state index contributed by atoms with van der Waals surface area (Å²) in [7, 11) is 0. The molecule has 3 amide bonds. The van der Waals surface area contributed by atoms with E-state index in [9.17, 15) is 19.2 Å². The van der Waals surface area contributed by atoms with Crippen molar-refractivity contribution in [3.63, 3.8) is 0 Å². The first-order valence-corrected chi connectivity index (χ1v) is 9.22. The Kier molecular flexibility index (Phi) is 7.10. The van der Waals surface area contributed by atoms with Gasteiger partial charge in [0, 0.05) is 12.0 Å². The maximum absolute atomic E-state index is 12.4. The van der Waals surface area contributed by atoms with E-state index >= 15 is 0 Å². The molecule has 7 heteroatoms. The Hall–Kier alpha value is -2.70. The van der Waals surface area contributed by atoms with Gasteiger partial charge in [-0.2, -0.15) is 0 Å². The van der Waals surface area contributed by atoms with Crippen LogP contribution in [0.15, 0.2) is 18.2 Å². The quantitative estimate of drug-likeness (QED) is 0.561. The number of urea groups is 1. The maximum Gasteiger partial charge on any atom is 0.318 e. The average Bonchev–Trinajstić information content (AvgIpc) is 2.62. The lowest BCUT2D eigenvalue weighted by atomic mass is 9.89. The van der Waals surface area contributed by atoms with E-state index in [1.54, 1.807) is 19.9 Å². The summed E-state index contributed by atoms with van der Waals surface area (Å²) in [4.78, 5) is 47.1. The minimum atomic E-state index is -1.14. The predicted octanol–water partition coefficient (Wildman–Crippen LogP) is 2.29. The number of amides is 3. The third-order valence-corrected chi connectivity index (χ3v) is 4.60. The van der Waals surface area contributed by atoms with E-state index in [0.29, 0.717) is 5.56 Å². The number of nitrogens with one attached hydrogen (secondary N) is 1. The number of fused-ring (bicyclic) bond motifs is 1. The zero-order valence-corrected chi connectivity index (χ0v) is 15.7. The number of benzene rings is 1. The topological polar surface area (TPSA) is 116 Å². The fraction of sp³-hybridized carbons (Fsp3) is 0.500. The van der Waals surface area contributed by atoms with Gasteiger partial charge in [0.25, 0.3) is 5.91 Å². The van der Waals surface area contributed by atoms with Gasteiger partial charge in [-0.3, -0.25) is 19.7 Å². The molecule has 0 aliphatic heterocycles. The molecule has 1 aliphatic carbocycles. The molecule has 0 saturated heterocycles. The van der Waals surface area contributed by atoms with Crippen molar-refractivity contribution >= 4 is 23.7 Å². The van der Waals surface area contributed by atoms with Gasteiger partial charge < -0.3 is 10.5 Å². The molecule has 2 rings (SSSR count). The summed E-state index contributed by atoms with van der Waals surface area (Å²) in [5, 5.41) is 1.91. The minimum absolute atomic E-state index is 0.000125. The molecule has 7 nitrogen and oxygen atoms in total. The molecule has 0 aromatic heterocycles. The van der Waals surface area contributed by atoms with Gasteiger partial charge in [-0.1, -0.05) is 26.0 Å². The van der Waals surface area contributed by atoms with E-state index in [0.717, 1.165) is 19.3 Å². The smallest absolute Gasteiger partial charge is 0.318 e. The van der Waals surface area contributed by atoms with Crippen LogP contribution in [0.5, 0.6) is 0 Å². The zero-order chi connectivity index (χ0) is 20.0. The highest BCUT2D eigenvalue weighted by Gasteiger charge is 2.27. The van der Waals surface area contributed by atoms with Crippen molar-refractivity contribution < 1.29 is 23.9 Å². The van der Waals surface area contributed by atoms with Gasteiger partial charge in [0.15, 0.2) is 11.9 Å². The lowest BCUT2D eigenvalue weighted by molar-refractivity contribution is -0.158. The first-order chi connectivity index (χ1) is 12.8. The fourth-order valence-corrected chi connectivity index (χ4v) is 3.15. The van der Waals surface area contributed by atoms with Crippen molar-refractivity contribution in [1.29, 1.82) is 0 Å². The molecule has 0 unspecified atom stereocenters. The highest BCUT2D eigenvalue weighted by Crippen LogP contribution is 2.23. The van der Waals surface area contributed by atoms with E-state index < -0.39 is 24.0 Å². The summed E-state index contributed by atoms with van der Waals surface area (Å²) in [6.07, 6.45) is 3.05. The second kappa shape index (κ2) is 9.30. The number of hydrogen-bond donors (Lipinski definition) is 2. The third kappa shape index (κ3) is 5.91. The van der Waals surface area contributed by atoms with Crippen molar-refractivity contribution in [1.82, 2.24) is 5.32 Å². The van der Waals surface area contributed by atoms with Crippen LogP contribution in [0.2, 0.25) is 0 Å². The predicted molar refractivity (Wildman–Crippen MR) is 99.1 cm³/mol. The van der Waals surface area contributed by atoms with Crippen LogP contribution in [0.25, 0.3) is 0 Å². The number of hydrogen-bond acceptors (Lipinski definition) is 5. The number of esters is 1. The first kappa shape index (κ1) is 20.6. The van der Waals surface area contributed by atoms with Crippen LogP contribution in [0.4, 0.5) is 4.79 Å². The van der Waals surface area contributed by atoms with Gasteiger partial charge in [-0.25, -0.2) is 4.79 Å². The average molecular weight is 374 g/mol. The van der Waals surface area contributed by atoms with E-state index in [2.05, 4.69) is 0 Å². The number of imide groups is 1. The Morgan fingerprint density at radius 2 is 1.74 bits per heavy atom. The molecule has 0 fully saturated rings. The molecule has 3 N–H and O–H groups in total. The third-order valence-electron chi connectivity index (χ3n) is 4.60. The maximum atomic E-state index is 12.4. The molecule has 0 saturated carbocycles. The van der Waals surface area contributed by atoms with Gasteiger partial charge in [0.05, 0.1) is 6.42 Å². The first-order valence-electron chi connectivity index (χ1n) is 9.22. The molecule has 27 heavy (non-hydrogen) atoms. The molecule has 0 heterocycles. The Balaban J connectivity index is 1.91. The van der Waals surface area contributed by atoms with Crippen LogP contribution in [0, 0.1) is 5.92 Å². The van der Waals surface area contributed by atoms with Crippen LogP contribution in [0.1, 0.15) is 61.0 Å². The monoisotopic (exact) mass is 374 g/mol. The molecular formula is C20H26N2O5. The van der Waals surface area contributed by atoms with Crippen LogP contribution in [0.3, 0.4) is 0 Å². The van der Waals surface area contributed by atoms with E-state index in [-0.39, 0.29) is 24.5 Å². The number of Topliss-reactive ketones (excluding diaryl/α,β-unsaturated/α-hetero) is 1. The van der Waals surface area contributed by atoms with Crippen LogP contribution in [-0.4, -0.2) is 29.8 Å². The standard InChI is InChI=1S/C20H26N2O5/c1-12(2)18(19(25)22-20(21)26)27-17(24)10-9-16(23)15-8-7-13-5-3-4-6-14(13)11-15/h7-8,11-12,18H,3-6,9-10H2,1-2H3,(H3,21,22,25,26)/t18-/m0/s1. The van der Waals surface area contributed by atoms with Crippen molar-refractivity contribution in [3.8, 4) is 0 Å². The molecule has 1 aromatic rings. The molecule has 0 bridgehead atoms. The highest BCUT2D eigenvalue weighted by atomic mass is 16.5. The molecule has 146 valence electrons. The molecular weight excluding hydrogens is 348 g/mol. The Bertz CT molecular complexity index is 742. The number of nitrogens with two attached hydrogens (primary N) is 1. The second-order valence-corrected chi connectivity index (χ2v) is 7.12. The van der Waals surface area contributed by atoms with E-state index in [1.165, 1.54) is 17.5 Å². The summed E-state index contributed by atoms with van der Waals surface area (Å²) in [6, 6.07) is 4.70. The normalized spacial score (nSPS) is 14.2. The molecule has 1 atom stereocenters. The van der Waals surface area contributed by atoms with Crippen LogP contribution in [-0.2, 0) is 27.2 Å². The second-order valence-electron chi connectivity index (χ2n) is 7.12. The fourth-order valence-electron chi connectivity index (χ4n) is 3.15. The van der Waals surface area contributed by atoms with E-state index in [1.807, 2.05) is 17.4 Å². The van der Waals surface area contributed by atoms with Gasteiger partial charge >= 0.3 is 12.0 Å². The number of aryl methyl sites for hydroxylation is 2. The van der Waals surface area contributed by atoms with Crippen molar-refractivity contribution in [2.45, 2.75) is 58.5 Å². The summed E-state index contributed by atoms with van der Waals surface area (Å²) in [6.45, 7) is 3.35. The number of carbonyl (C=O) groups excluding carboxylic acids is 4. The number of rotatable bonds is 7. The summed E-state index contributed by atoms with van der Waals surface area (Å²) in [5.74, 6) is -1.92. The minimum Gasteiger partial charge on any atom is -0.452 e. The number of ether oxygens (including phenoxy) is 1. The summed E-state index contributed by atoms with van der Waals surface area (Å²) >= 11 is 0. The van der Waals surface area contributed by atoms with Gasteiger partial charge in [0.2, 0.25) is 0 Å². The van der Waals surface area contributed by atoms with Gasteiger partial charge in [-0.05, 0) is 48.8 Å². The van der Waals surface area contributed by atoms with Crippen LogP contribution >= 0.6 is 0 Å². The molecule has 0 radical (unpaired) electrons. The van der Waals surface area contributed by atoms with Crippen molar-refractivity contribution in [2.24, 2.45) is 11.7 Å². The zero-order valence-electron chi connectivity index (χ0n) is 15.7. The van der Waals surface area contributed by atoms with Gasteiger partial charge in [0.1, 0.15) is 0 Å². The van der Waals surface area contributed by atoms with Crippen molar-refractivity contribution in [2.75, 3.05) is 0 Å². The molecule has 1 aromatic carbocycles. The number of primary amides is 1. The summed E-state index contributed by atoms with van der Waals surface area (Å²) < 4.78 is 5.14. The lowest BCUT2D eigenvalue weighted by Gasteiger charge is -2.19. The van der Waals surface area contributed by atoms with E-state index in [4.69, 9.17) is 10.5 Å². The SMILES string of the molecule is CC(C)[C@H](OC(=O)CCC(=O)c1ccc2c(c1)CCCC2)C(=O)NC(N)=O. The Morgan fingerprint density at radius 3 is 2.37 bits per heavy atom. The number of carbonyl (C=O) groups is 4. The summed E-state index contributed by atoms with van der Waals surface area (Å²) in [5.41, 5.74) is 8.01. The Morgan fingerprint density at radius 1 is 1.07 bits per heavy atom.